The van der Waals surface area contributed by atoms with E-state index in [1.54, 1.807) is 13.0 Å². The molecule has 0 amide bonds. The van der Waals surface area contributed by atoms with Crippen LogP contribution < -0.4 is 16.6 Å². The Hall–Kier alpha value is -1.98. The first-order valence-corrected chi connectivity index (χ1v) is 13.4. The third-order valence-corrected chi connectivity index (χ3v) is 8.33. The number of aromatic nitrogens is 2. The minimum atomic E-state index is -3.57. The van der Waals surface area contributed by atoms with Crippen molar-refractivity contribution in [2.24, 2.45) is 0 Å². The van der Waals surface area contributed by atoms with Gasteiger partial charge in [0.2, 0.25) is 0 Å². The van der Waals surface area contributed by atoms with E-state index in [1.807, 2.05) is 6.07 Å². The molecular weight excluding hydrogens is 532 g/mol. The highest BCUT2D eigenvalue weighted by atomic mass is 79.9. The summed E-state index contributed by atoms with van der Waals surface area (Å²) in [6.07, 6.45) is 0. The Morgan fingerprint density at radius 3 is 2.48 bits per heavy atom. The van der Waals surface area contributed by atoms with Gasteiger partial charge in [0, 0.05) is 42.2 Å². The van der Waals surface area contributed by atoms with E-state index in [0.717, 1.165) is 40.8 Å². The first kappa shape index (κ1) is 24.2. The van der Waals surface area contributed by atoms with Crippen LogP contribution in [0.4, 0.5) is 0 Å². The molecule has 11 heteroatoms. The van der Waals surface area contributed by atoms with Crippen molar-refractivity contribution in [3.05, 3.63) is 71.8 Å². The summed E-state index contributed by atoms with van der Waals surface area (Å²) in [5.41, 5.74) is 0.551. The second kappa shape index (κ2) is 9.71. The first-order valence-electron chi connectivity index (χ1n) is 10.6. The summed E-state index contributed by atoms with van der Waals surface area (Å²) < 4.78 is 26.9. The molecule has 2 heterocycles. The van der Waals surface area contributed by atoms with Crippen LogP contribution in [-0.4, -0.2) is 54.8 Å². The molecule has 1 aliphatic rings. The maximum absolute atomic E-state index is 13.4. The second-order valence-corrected chi connectivity index (χ2v) is 11.6. The van der Waals surface area contributed by atoms with Crippen LogP contribution in [0.3, 0.4) is 0 Å². The number of aromatic amines is 1. The minimum absolute atomic E-state index is 0.0643. The van der Waals surface area contributed by atoms with E-state index in [2.05, 4.69) is 31.1 Å². The summed E-state index contributed by atoms with van der Waals surface area (Å²) in [6, 6.07) is 7.97. The Kier molecular flexibility index (Phi) is 7.11. The predicted octanol–water partition coefficient (Wildman–Crippen LogP) is 2.35. The molecule has 0 spiro atoms. The number of halogens is 2. The van der Waals surface area contributed by atoms with E-state index in [0.29, 0.717) is 28.0 Å². The Labute approximate surface area is 204 Å². The molecule has 0 atom stereocenters. The molecular formula is C22H24BrClN4O4S. The maximum Gasteiger partial charge on any atom is 0.329 e. The number of fused-ring (bicyclic) bond motifs is 1. The van der Waals surface area contributed by atoms with Crippen LogP contribution in [0.15, 0.2) is 49.3 Å². The van der Waals surface area contributed by atoms with E-state index in [-0.39, 0.29) is 17.2 Å². The molecule has 0 bridgehead atoms. The number of nitrogens with one attached hydrogen (secondary N) is 2. The van der Waals surface area contributed by atoms with Crippen LogP contribution in [0.5, 0.6) is 0 Å². The predicted molar refractivity (Wildman–Crippen MR) is 133 cm³/mol. The highest BCUT2D eigenvalue weighted by molar-refractivity contribution is 9.10. The van der Waals surface area contributed by atoms with Crippen LogP contribution in [-0.2, 0) is 22.9 Å². The largest absolute Gasteiger partial charge is 0.329 e. The van der Waals surface area contributed by atoms with E-state index >= 15 is 0 Å². The van der Waals surface area contributed by atoms with Crippen molar-refractivity contribution in [1.82, 2.24) is 19.8 Å². The number of hydrogen-bond acceptors (Lipinski definition) is 6. The number of sulfone groups is 1. The van der Waals surface area contributed by atoms with Crippen molar-refractivity contribution in [3.8, 4) is 0 Å². The van der Waals surface area contributed by atoms with Gasteiger partial charge in [0.15, 0.2) is 9.84 Å². The molecule has 4 rings (SSSR count). The topological polar surface area (TPSA) is 104 Å². The Bertz CT molecular complexity index is 1430. The van der Waals surface area contributed by atoms with Gasteiger partial charge in [-0.3, -0.25) is 14.3 Å². The summed E-state index contributed by atoms with van der Waals surface area (Å²) in [6.45, 7) is 5.45. The summed E-state index contributed by atoms with van der Waals surface area (Å²) in [4.78, 5) is 31.6. The smallest absolute Gasteiger partial charge is 0.314 e. The van der Waals surface area contributed by atoms with Crippen molar-refractivity contribution >= 4 is 48.3 Å². The number of hydrogen-bond donors (Lipinski definition) is 2. The standard InChI is InChI=1S/C22H24BrClN4O4S/c1-2-33(31,32)19-4-3-17(24)10-14(19)13-28-21(29)18-11-16(23)9-15(20(18)26-22(28)30)12-27-7-5-25-6-8-27/h3-4,9-11,25H,2,5-8,12-13H2,1H3,(H,26,30). The molecule has 8 nitrogen and oxygen atoms in total. The fraction of sp³-hybridized carbons (Fsp3) is 0.364. The van der Waals surface area contributed by atoms with Crippen LogP contribution in [0, 0.1) is 0 Å². The average Bonchev–Trinajstić information content (AvgIpc) is 2.78. The average molecular weight is 556 g/mol. The van der Waals surface area contributed by atoms with Crippen LogP contribution >= 0.6 is 27.5 Å². The number of rotatable bonds is 6. The third-order valence-electron chi connectivity index (χ3n) is 5.81. The summed E-state index contributed by atoms with van der Waals surface area (Å²) >= 11 is 9.58. The minimum Gasteiger partial charge on any atom is -0.314 e. The zero-order chi connectivity index (χ0) is 23.8. The van der Waals surface area contributed by atoms with Crippen molar-refractivity contribution in [2.45, 2.75) is 24.9 Å². The van der Waals surface area contributed by atoms with Gasteiger partial charge in [0.05, 0.1) is 28.1 Å². The van der Waals surface area contributed by atoms with E-state index in [4.69, 9.17) is 11.6 Å². The molecule has 1 aliphatic heterocycles. The molecule has 1 saturated heterocycles. The van der Waals surface area contributed by atoms with Crippen LogP contribution in [0.2, 0.25) is 5.02 Å². The van der Waals surface area contributed by atoms with Gasteiger partial charge in [-0.25, -0.2) is 13.2 Å². The highest BCUT2D eigenvalue weighted by Gasteiger charge is 2.20. The fourth-order valence-electron chi connectivity index (χ4n) is 4.07. The number of H-pyrrole nitrogens is 1. The zero-order valence-electron chi connectivity index (χ0n) is 18.0. The lowest BCUT2D eigenvalue weighted by atomic mass is 10.1. The van der Waals surface area contributed by atoms with Gasteiger partial charge in [0.25, 0.3) is 5.56 Å². The molecule has 0 unspecified atom stereocenters. The normalized spacial score (nSPS) is 15.2. The second-order valence-electron chi connectivity index (χ2n) is 7.99. The van der Waals surface area contributed by atoms with E-state index in [1.165, 1.54) is 18.2 Å². The zero-order valence-corrected chi connectivity index (χ0v) is 21.2. The van der Waals surface area contributed by atoms with Gasteiger partial charge in [-0.05, 0) is 41.5 Å². The molecule has 176 valence electrons. The molecule has 0 aliphatic carbocycles. The summed E-state index contributed by atoms with van der Waals surface area (Å²) in [5, 5.41) is 3.99. The Morgan fingerprint density at radius 2 is 1.79 bits per heavy atom. The van der Waals surface area contributed by atoms with Gasteiger partial charge >= 0.3 is 5.69 Å². The van der Waals surface area contributed by atoms with Gasteiger partial charge in [0.1, 0.15) is 0 Å². The lowest BCUT2D eigenvalue weighted by Gasteiger charge is -2.27. The third kappa shape index (κ3) is 5.09. The molecule has 2 N–H and O–H groups in total. The number of nitrogens with zero attached hydrogens (tertiary/aromatic N) is 2. The number of benzene rings is 2. The molecule has 1 aromatic heterocycles. The van der Waals surface area contributed by atoms with Gasteiger partial charge in [-0.15, -0.1) is 0 Å². The Morgan fingerprint density at radius 1 is 1.06 bits per heavy atom. The summed E-state index contributed by atoms with van der Waals surface area (Å²) in [7, 11) is -3.57. The summed E-state index contributed by atoms with van der Waals surface area (Å²) in [5.74, 6) is -0.104. The van der Waals surface area contributed by atoms with Crippen molar-refractivity contribution < 1.29 is 8.42 Å². The lowest BCUT2D eigenvalue weighted by molar-refractivity contribution is 0.234. The molecule has 2 aromatic carbocycles. The molecule has 3 aromatic rings. The molecule has 0 radical (unpaired) electrons. The first-order chi connectivity index (χ1) is 15.7. The quantitative estimate of drug-likeness (QED) is 0.484. The van der Waals surface area contributed by atoms with Crippen molar-refractivity contribution in [3.63, 3.8) is 0 Å². The van der Waals surface area contributed by atoms with Crippen molar-refractivity contribution in [1.29, 1.82) is 0 Å². The van der Waals surface area contributed by atoms with Gasteiger partial charge in [-0.2, -0.15) is 0 Å². The molecule has 0 saturated carbocycles. The molecule has 1 fully saturated rings. The highest BCUT2D eigenvalue weighted by Crippen LogP contribution is 2.24. The van der Waals surface area contributed by atoms with Gasteiger partial charge in [-0.1, -0.05) is 34.5 Å². The van der Waals surface area contributed by atoms with E-state index < -0.39 is 21.1 Å². The maximum atomic E-state index is 13.4. The van der Waals surface area contributed by atoms with Crippen LogP contribution in [0.25, 0.3) is 10.9 Å². The van der Waals surface area contributed by atoms with E-state index in [9.17, 15) is 18.0 Å². The van der Waals surface area contributed by atoms with Crippen LogP contribution in [0.1, 0.15) is 18.1 Å². The van der Waals surface area contributed by atoms with Crippen molar-refractivity contribution in [2.75, 3.05) is 31.9 Å². The van der Waals surface area contributed by atoms with Gasteiger partial charge < -0.3 is 10.3 Å². The Balaban J connectivity index is 1.82. The monoisotopic (exact) mass is 554 g/mol. The lowest BCUT2D eigenvalue weighted by Crippen LogP contribution is -2.43. The number of piperazine rings is 1. The molecule has 33 heavy (non-hydrogen) atoms. The fourth-order valence-corrected chi connectivity index (χ4v) is 5.88. The SMILES string of the molecule is CCS(=O)(=O)c1ccc(Cl)cc1Cn1c(=O)[nH]c2c(CN3CCNCC3)cc(Br)cc2c1=O.